The number of rotatable bonds is 6. The number of carbonyl (C=O) groups is 4. The maximum Gasteiger partial charge on any atom is 0.233 e. The lowest BCUT2D eigenvalue weighted by Gasteiger charge is -2.19. The van der Waals surface area contributed by atoms with Gasteiger partial charge in [-0.2, -0.15) is 5.26 Å². The molecule has 38 heavy (non-hydrogen) atoms. The van der Waals surface area contributed by atoms with Crippen LogP contribution in [0.3, 0.4) is 0 Å². The Labute approximate surface area is 226 Å². The zero-order valence-corrected chi connectivity index (χ0v) is 23.2. The molecule has 3 rings (SSSR count). The highest BCUT2D eigenvalue weighted by Gasteiger charge is 2.33. The van der Waals surface area contributed by atoms with Crippen LogP contribution in [0.15, 0.2) is 54.6 Å². The van der Waals surface area contributed by atoms with Crippen molar-refractivity contribution in [3.8, 4) is 6.07 Å². The van der Waals surface area contributed by atoms with Gasteiger partial charge in [0.15, 0.2) is 0 Å². The van der Waals surface area contributed by atoms with Gasteiger partial charge < -0.3 is 20.9 Å². The highest BCUT2D eigenvalue weighted by molar-refractivity contribution is 6.03. The highest BCUT2D eigenvalue weighted by atomic mass is 16.2. The first-order valence-corrected chi connectivity index (χ1v) is 12.5. The van der Waals surface area contributed by atoms with Crippen molar-refractivity contribution in [3.63, 3.8) is 0 Å². The minimum absolute atomic E-state index is 0.222. The summed E-state index contributed by atoms with van der Waals surface area (Å²) in [5.41, 5.74) is 2.61. The Balaban J connectivity index is 0.000000629. The fourth-order valence-electron chi connectivity index (χ4n) is 3.21. The van der Waals surface area contributed by atoms with Crippen LogP contribution < -0.4 is 16.0 Å². The van der Waals surface area contributed by atoms with Crippen molar-refractivity contribution in [3.05, 3.63) is 60.2 Å². The second kappa shape index (κ2) is 19.9. The summed E-state index contributed by atoms with van der Waals surface area (Å²) < 4.78 is 0. The molecule has 0 aromatic heterocycles. The number of nitrogens with one attached hydrogen (secondary N) is 3. The van der Waals surface area contributed by atoms with Crippen LogP contribution in [0.1, 0.15) is 46.1 Å². The van der Waals surface area contributed by atoms with E-state index in [1.807, 2.05) is 56.3 Å². The molecule has 2 unspecified atom stereocenters. The number of para-hydroxylation sites is 2. The van der Waals surface area contributed by atoms with Crippen molar-refractivity contribution in [1.29, 1.82) is 5.26 Å². The lowest BCUT2D eigenvalue weighted by atomic mass is 10.1. The van der Waals surface area contributed by atoms with E-state index in [0.29, 0.717) is 37.4 Å². The molecule has 2 aromatic rings. The molecule has 0 radical (unpaired) electrons. The second-order valence-corrected chi connectivity index (χ2v) is 9.34. The number of nitriles is 1. The lowest BCUT2D eigenvalue weighted by Crippen LogP contribution is -2.37. The van der Waals surface area contributed by atoms with Crippen LogP contribution in [0.4, 0.5) is 11.4 Å². The Morgan fingerprint density at radius 1 is 1.05 bits per heavy atom. The molecule has 2 atom stereocenters. The topological polar surface area (TPSA) is 131 Å². The van der Waals surface area contributed by atoms with Gasteiger partial charge in [-0.25, -0.2) is 0 Å². The van der Waals surface area contributed by atoms with Crippen molar-refractivity contribution in [2.24, 2.45) is 11.8 Å². The predicted molar refractivity (Wildman–Crippen MR) is 151 cm³/mol. The molecule has 1 fully saturated rings. The SMILES string of the molecule is CC(C)C.CC1CC(C#N)N(C(=O)CC(=O)Nc2ccccc2)C1.CNC=O.Cc1ccccc1NC=O. The summed E-state index contributed by atoms with van der Waals surface area (Å²) in [6.07, 6.45) is 1.77. The van der Waals surface area contributed by atoms with E-state index in [0.717, 1.165) is 17.2 Å². The van der Waals surface area contributed by atoms with Gasteiger partial charge in [-0.05, 0) is 48.9 Å². The minimum Gasteiger partial charge on any atom is -0.362 e. The van der Waals surface area contributed by atoms with Crippen LogP contribution in [0, 0.1) is 30.1 Å². The molecular weight excluding hydrogens is 482 g/mol. The number of benzene rings is 2. The molecule has 0 spiro atoms. The fraction of sp³-hybridized carbons (Fsp3) is 0.414. The van der Waals surface area contributed by atoms with E-state index in [4.69, 9.17) is 10.1 Å². The van der Waals surface area contributed by atoms with Crippen molar-refractivity contribution in [2.45, 2.75) is 53.5 Å². The van der Waals surface area contributed by atoms with Crippen LogP contribution in [-0.2, 0) is 19.2 Å². The summed E-state index contributed by atoms with van der Waals surface area (Å²) in [5.74, 6) is 0.507. The number of carbonyl (C=O) groups excluding carboxylic acids is 4. The van der Waals surface area contributed by atoms with Gasteiger partial charge in [0, 0.05) is 25.0 Å². The van der Waals surface area contributed by atoms with Crippen LogP contribution >= 0.6 is 0 Å². The molecule has 1 aliphatic heterocycles. The average molecular weight is 524 g/mol. The molecule has 0 saturated carbocycles. The number of nitrogens with zero attached hydrogens (tertiary/aromatic N) is 2. The zero-order valence-electron chi connectivity index (χ0n) is 23.2. The summed E-state index contributed by atoms with van der Waals surface area (Å²) >= 11 is 0. The lowest BCUT2D eigenvalue weighted by molar-refractivity contribution is -0.134. The number of hydrogen-bond acceptors (Lipinski definition) is 5. The van der Waals surface area contributed by atoms with Crippen LogP contribution in [0.2, 0.25) is 0 Å². The Morgan fingerprint density at radius 2 is 1.61 bits per heavy atom. The van der Waals surface area contributed by atoms with Gasteiger partial charge in [-0.15, -0.1) is 0 Å². The Morgan fingerprint density at radius 3 is 2.11 bits per heavy atom. The molecule has 206 valence electrons. The van der Waals surface area contributed by atoms with E-state index in [1.165, 1.54) is 4.90 Å². The van der Waals surface area contributed by atoms with Gasteiger partial charge in [-0.3, -0.25) is 19.2 Å². The Hall–Kier alpha value is -4.19. The molecule has 9 heteroatoms. The molecule has 0 aliphatic carbocycles. The number of aryl methyl sites for hydroxylation is 1. The number of likely N-dealkylation sites (tertiary alicyclic amines) is 1. The molecule has 1 heterocycles. The summed E-state index contributed by atoms with van der Waals surface area (Å²) in [6.45, 7) is 11.0. The van der Waals surface area contributed by atoms with Crippen molar-refractivity contribution < 1.29 is 19.2 Å². The first-order chi connectivity index (χ1) is 18.1. The average Bonchev–Trinajstić information content (AvgIpc) is 3.27. The van der Waals surface area contributed by atoms with Gasteiger partial charge >= 0.3 is 0 Å². The quantitative estimate of drug-likeness (QED) is 0.382. The normalized spacial score (nSPS) is 15.1. The van der Waals surface area contributed by atoms with E-state index in [1.54, 1.807) is 19.2 Å². The van der Waals surface area contributed by atoms with Crippen molar-refractivity contribution in [1.82, 2.24) is 10.2 Å². The summed E-state index contributed by atoms with van der Waals surface area (Å²) in [7, 11) is 1.56. The molecule has 1 aliphatic rings. The summed E-state index contributed by atoms with van der Waals surface area (Å²) in [5, 5.41) is 16.5. The molecule has 4 amide bonds. The Kier molecular flexibility index (Phi) is 17.7. The third-order valence-corrected chi connectivity index (χ3v) is 4.83. The molecule has 9 nitrogen and oxygen atoms in total. The van der Waals surface area contributed by atoms with Crippen molar-refractivity contribution >= 4 is 36.0 Å². The highest BCUT2D eigenvalue weighted by Crippen LogP contribution is 2.23. The van der Waals surface area contributed by atoms with Crippen molar-refractivity contribution in [2.75, 3.05) is 24.2 Å². The van der Waals surface area contributed by atoms with E-state index < -0.39 is 6.04 Å². The monoisotopic (exact) mass is 523 g/mol. The second-order valence-electron chi connectivity index (χ2n) is 9.34. The summed E-state index contributed by atoms with van der Waals surface area (Å²) in [6, 6.07) is 18.4. The molecule has 3 N–H and O–H groups in total. The third-order valence-electron chi connectivity index (χ3n) is 4.83. The van der Waals surface area contributed by atoms with Crippen LogP contribution in [0.5, 0.6) is 0 Å². The van der Waals surface area contributed by atoms with Crippen LogP contribution in [-0.4, -0.2) is 49.2 Å². The number of anilines is 2. The van der Waals surface area contributed by atoms with Gasteiger partial charge in [0.1, 0.15) is 12.5 Å². The number of hydrogen-bond donors (Lipinski definition) is 3. The maximum atomic E-state index is 12.1. The first kappa shape index (κ1) is 33.8. The molecular formula is C29H41N5O4. The van der Waals surface area contributed by atoms with Gasteiger partial charge in [-0.1, -0.05) is 64.1 Å². The largest absolute Gasteiger partial charge is 0.362 e. The van der Waals surface area contributed by atoms with Crippen LogP contribution in [0.25, 0.3) is 0 Å². The Bertz CT molecular complexity index is 1020. The summed E-state index contributed by atoms with van der Waals surface area (Å²) in [4.78, 5) is 44.5. The van der Waals surface area contributed by atoms with Gasteiger partial charge in [0.2, 0.25) is 24.6 Å². The molecule has 2 aromatic carbocycles. The first-order valence-electron chi connectivity index (χ1n) is 12.5. The van der Waals surface area contributed by atoms with E-state index in [-0.39, 0.29) is 18.2 Å². The molecule has 0 bridgehead atoms. The number of amides is 4. The fourth-order valence-corrected chi connectivity index (χ4v) is 3.21. The standard InChI is InChI=1S/C15H17N3O2.C8H9NO.C4H10.C2H5NO/c1-11-7-13(9-16)18(10-11)15(20)8-14(19)17-12-5-3-2-4-6-12;1-7-4-2-3-5-8(7)9-6-10;1-4(2)3;1-3-2-4/h2-6,11,13H,7-8,10H2,1H3,(H,17,19);2-6H,1H3,(H,9,10);4H,1-3H3;2H,1H3,(H,3,4). The maximum absolute atomic E-state index is 12.1. The van der Waals surface area contributed by atoms with E-state index in [2.05, 4.69) is 42.8 Å². The third kappa shape index (κ3) is 15.0. The van der Waals surface area contributed by atoms with E-state index in [9.17, 15) is 14.4 Å². The predicted octanol–water partition coefficient (Wildman–Crippen LogP) is 4.36. The van der Waals surface area contributed by atoms with Gasteiger partial charge in [0.05, 0.1) is 6.07 Å². The van der Waals surface area contributed by atoms with Gasteiger partial charge in [0.25, 0.3) is 0 Å². The zero-order chi connectivity index (χ0) is 28.9. The molecule has 1 saturated heterocycles. The minimum atomic E-state index is -0.401. The smallest absolute Gasteiger partial charge is 0.233 e. The van der Waals surface area contributed by atoms with E-state index >= 15 is 0 Å².